The molecule has 0 spiro atoms. The van der Waals surface area contributed by atoms with Gasteiger partial charge in [0.25, 0.3) is 10.2 Å². The van der Waals surface area contributed by atoms with Gasteiger partial charge in [-0.2, -0.15) is 8.42 Å². The van der Waals surface area contributed by atoms with Crippen LogP contribution < -0.4 is 41.9 Å². The van der Waals surface area contributed by atoms with E-state index in [1.54, 1.807) is 0 Å². The Morgan fingerprint density at radius 3 is 2.14 bits per heavy atom. The molecule has 0 unspecified atom stereocenters. The van der Waals surface area contributed by atoms with E-state index in [1.807, 2.05) is 29.0 Å². The molecule has 3 aromatic carbocycles. The lowest BCUT2D eigenvalue weighted by molar-refractivity contribution is -0.143. The summed E-state index contributed by atoms with van der Waals surface area (Å²) in [6, 6.07) is 11.2. The van der Waals surface area contributed by atoms with Gasteiger partial charge in [0.15, 0.2) is 28.9 Å². The molecule has 1 aliphatic rings. The van der Waals surface area contributed by atoms with E-state index in [4.69, 9.17) is 31.8 Å². The lowest BCUT2D eigenvalue weighted by Gasteiger charge is -2.32. The molecular weight excluding hydrogens is 931 g/mol. The molecule has 4 aromatic rings. The van der Waals surface area contributed by atoms with E-state index >= 15 is 0 Å². The number of nitrogens with one attached hydrogen (secondary N) is 2. The maximum atomic E-state index is 14.9. The molecular formula is C47H61N9O13S. The zero-order valence-electron chi connectivity index (χ0n) is 39.4. The fraction of sp³-hybridized carbons (Fsp3) is 0.426. The van der Waals surface area contributed by atoms with Crippen LogP contribution in [0.3, 0.4) is 0 Å². The number of hydrogen-bond acceptors (Lipinski definition) is 17. The van der Waals surface area contributed by atoms with Gasteiger partial charge in [-0.15, -0.1) is 0 Å². The van der Waals surface area contributed by atoms with Gasteiger partial charge in [0.2, 0.25) is 11.8 Å². The highest BCUT2D eigenvalue weighted by Gasteiger charge is 2.38. The summed E-state index contributed by atoms with van der Waals surface area (Å²) < 4.78 is 38.3. The van der Waals surface area contributed by atoms with Gasteiger partial charge in [-0.3, -0.25) is 19.2 Å². The molecule has 5 rings (SSSR count). The van der Waals surface area contributed by atoms with E-state index in [2.05, 4.69) is 36.1 Å². The minimum atomic E-state index is -4.49. The van der Waals surface area contributed by atoms with Crippen LogP contribution >= 0.6 is 0 Å². The fourth-order valence-corrected chi connectivity index (χ4v) is 8.06. The Bertz CT molecular complexity index is 2700. The van der Waals surface area contributed by atoms with Crippen molar-refractivity contribution in [2.24, 2.45) is 28.4 Å². The van der Waals surface area contributed by atoms with Crippen molar-refractivity contribution < 1.29 is 62.3 Å². The number of ketones is 2. The number of carboxylic acid groups (broad SMARTS) is 1. The molecule has 0 fully saturated rings. The van der Waals surface area contributed by atoms with Crippen LogP contribution in [0.15, 0.2) is 60.8 Å². The summed E-state index contributed by atoms with van der Waals surface area (Å²) in [5.74, 6) is -8.80. The lowest BCUT2D eigenvalue weighted by Crippen LogP contribution is -2.46. The second-order valence-corrected chi connectivity index (χ2v) is 19.6. The Hall–Kier alpha value is -6.60. The van der Waals surface area contributed by atoms with Gasteiger partial charge in [-0.25, -0.2) is 24.6 Å². The quantitative estimate of drug-likeness (QED) is 0.0613. The molecule has 4 bridgehead atoms. The summed E-state index contributed by atoms with van der Waals surface area (Å²) >= 11 is 0. The number of Topliss-reactive ketones (excluding diaryl/α,β-unsaturated/α-hetero) is 2. The van der Waals surface area contributed by atoms with Crippen molar-refractivity contribution in [2.75, 3.05) is 45.6 Å². The van der Waals surface area contributed by atoms with Crippen LogP contribution in [0.1, 0.15) is 73.8 Å². The second kappa shape index (κ2) is 22.9. The van der Waals surface area contributed by atoms with E-state index in [9.17, 15) is 52.8 Å². The summed E-state index contributed by atoms with van der Waals surface area (Å²) in [6.07, 6.45) is -2.67. The molecule has 0 saturated carbocycles. The predicted molar refractivity (Wildman–Crippen MR) is 256 cm³/mol. The van der Waals surface area contributed by atoms with Crippen LogP contribution in [0.5, 0.6) is 17.2 Å². The van der Waals surface area contributed by atoms with E-state index in [-0.39, 0.29) is 71.2 Å². The normalized spacial score (nSPS) is 17.9. The minimum Gasteiger partial charge on any atom is -0.504 e. The number of carbonyl (C=O) groups excluding carboxylic acids is 4. The third-order valence-electron chi connectivity index (χ3n) is 11.6. The number of phenols is 1. The van der Waals surface area contributed by atoms with E-state index < -0.39 is 107 Å². The molecule has 0 radical (unpaired) electrons. The van der Waals surface area contributed by atoms with Crippen molar-refractivity contribution in [1.29, 1.82) is 0 Å². The van der Waals surface area contributed by atoms with Crippen LogP contribution in [0.2, 0.25) is 0 Å². The Labute approximate surface area is 404 Å². The van der Waals surface area contributed by atoms with Crippen molar-refractivity contribution in [1.82, 2.24) is 24.9 Å². The molecule has 0 aliphatic carbocycles. The van der Waals surface area contributed by atoms with Gasteiger partial charge < -0.3 is 57.3 Å². The Morgan fingerprint density at radius 1 is 0.943 bits per heavy atom. The minimum absolute atomic E-state index is 0.0297. The molecule has 0 saturated heterocycles. The van der Waals surface area contributed by atoms with Gasteiger partial charge in [0, 0.05) is 68.6 Å². The molecule has 378 valence electrons. The monoisotopic (exact) mass is 991 g/mol. The Morgan fingerprint density at radius 2 is 1.57 bits per heavy atom. The molecule has 23 heteroatoms. The number of carbonyl (C=O) groups is 5. The molecule has 2 heterocycles. The number of nitrogen functional groups attached to an aromatic ring is 1. The number of amides is 2. The average molecular weight is 992 g/mol. The number of phenolic OH excluding ortho intramolecular Hbond substituents is 1. The second-order valence-electron chi connectivity index (χ2n) is 18.2. The number of aliphatic hydroxyl groups excluding tert-OH is 2. The van der Waals surface area contributed by atoms with Gasteiger partial charge in [-0.05, 0) is 46.4 Å². The maximum absolute atomic E-state index is 14.9. The van der Waals surface area contributed by atoms with Crippen molar-refractivity contribution in [2.45, 2.75) is 76.7 Å². The predicted octanol–water partition coefficient (Wildman–Crippen LogP) is 0.695. The van der Waals surface area contributed by atoms with Crippen molar-refractivity contribution in [3.8, 4) is 39.6 Å². The topological polar surface area (TPSA) is 376 Å². The molecule has 70 heavy (non-hydrogen) atoms. The van der Waals surface area contributed by atoms with Gasteiger partial charge in [0.1, 0.15) is 48.9 Å². The zero-order chi connectivity index (χ0) is 51.8. The Kier molecular flexibility index (Phi) is 17.8. The zero-order valence-corrected chi connectivity index (χ0v) is 40.2. The SMILES string of the molecule is C[C@@H]1CC(=O)[C@@H](N(C)C(=O)[C@H](CNS(N)(=O)=O)CC(=O)c2ncc(-c3ccc(C(C)(C)C)cc3)nc2N)c2cc(OC[C@H](O)CN)c(O)c(c2)-c2cc(ccc2OC[C@H](O)CN)C[C@@H](C(=O)O)NC1=O. The highest BCUT2D eigenvalue weighted by molar-refractivity contribution is 7.87. The number of nitrogens with zero attached hydrogens (tertiary/aromatic N) is 3. The lowest BCUT2D eigenvalue weighted by atomic mass is 9.86. The molecule has 1 aromatic heterocycles. The molecule has 22 nitrogen and oxygen atoms in total. The summed E-state index contributed by atoms with van der Waals surface area (Å²) in [6.45, 7) is 5.56. The van der Waals surface area contributed by atoms with Crippen LogP contribution in [0, 0.1) is 11.8 Å². The average Bonchev–Trinajstić information content (AvgIpc) is 3.30. The third-order valence-corrected chi connectivity index (χ3v) is 12.2. The fourth-order valence-electron chi connectivity index (χ4n) is 7.63. The molecule has 2 amide bonds. The van der Waals surface area contributed by atoms with Gasteiger partial charge >= 0.3 is 5.97 Å². The Balaban J connectivity index is 1.65. The number of fused-ring (bicyclic) bond motifs is 5. The van der Waals surface area contributed by atoms with Crippen LogP contribution in [-0.4, -0.2) is 131 Å². The highest BCUT2D eigenvalue weighted by Crippen LogP contribution is 2.45. The van der Waals surface area contributed by atoms with Crippen LogP contribution in [0.4, 0.5) is 5.82 Å². The van der Waals surface area contributed by atoms with Crippen molar-refractivity contribution >= 4 is 45.4 Å². The number of aromatic nitrogens is 2. The van der Waals surface area contributed by atoms with Gasteiger partial charge in [0.05, 0.1) is 17.8 Å². The third kappa shape index (κ3) is 13.8. The van der Waals surface area contributed by atoms with Crippen molar-refractivity contribution in [3.05, 3.63) is 83.2 Å². The summed E-state index contributed by atoms with van der Waals surface area (Å²) in [5, 5.41) is 50.5. The smallest absolute Gasteiger partial charge is 0.326 e. The summed E-state index contributed by atoms with van der Waals surface area (Å²) in [4.78, 5) is 79.3. The number of aliphatic carboxylic acids is 1. The number of ether oxygens (including phenoxy) is 2. The number of anilines is 1. The molecule has 1 aliphatic heterocycles. The van der Waals surface area contributed by atoms with E-state index in [1.165, 1.54) is 50.5 Å². The number of carboxylic acids is 1. The highest BCUT2D eigenvalue weighted by atomic mass is 32.2. The molecule has 14 N–H and O–H groups in total. The van der Waals surface area contributed by atoms with Crippen molar-refractivity contribution in [3.63, 3.8) is 0 Å². The number of nitrogens with two attached hydrogens (primary N) is 4. The standard InChI is InChI=1S/C47H61N9O13S/c1-24-12-37(60)41(56(5)45(63)28(20-53-70(51,66)67)16-36(59)40-43(50)54-35(21-52-40)26-7-9-29(10-8-26)47(2,3)4)27-15-33(42(61)39(17-27)69-23-31(58)19-49)32-13-25(14-34(46(64)65)55-44(24)62)6-11-38(32)68-22-30(57)18-48/h6-11,13,15,17,21,24,28,30-31,34,41,53,57-58,61H,12,14,16,18-20,22-23,48-49H2,1-5H3,(H2,50,54)(H,55,62)(H,64,65)(H2,51,66,67)/t24-,28+,30-,31-,34+,41+/m1/s1. The summed E-state index contributed by atoms with van der Waals surface area (Å²) in [5.41, 5.74) is 19.4. The number of aliphatic hydroxyl groups is 2. The van der Waals surface area contributed by atoms with Crippen LogP contribution in [-0.2, 0) is 41.2 Å². The number of hydrogen-bond donors (Lipinski definition) is 10. The van der Waals surface area contributed by atoms with E-state index in [0.29, 0.717) is 16.8 Å². The molecule has 6 atom stereocenters. The first-order valence-electron chi connectivity index (χ1n) is 22.2. The number of likely N-dealkylation sites (N-methyl/N-ethyl adjacent to an activating group) is 1. The largest absolute Gasteiger partial charge is 0.504 e. The van der Waals surface area contributed by atoms with E-state index in [0.717, 1.165) is 10.5 Å². The maximum Gasteiger partial charge on any atom is 0.326 e. The number of rotatable bonds is 18. The summed E-state index contributed by atoms with van der Waals surface area (Å²) in [7, 11) is -3.30. The first-order chi connectivity index (χ1) is 32.8. The first-order valence-corrected chi connectivity index (χ1v) is 23.7. The van der Waals surface area contributed by atoms with Gasteiger partial charge in [-0.1, -0.05) is 58.0 Å². The first kappa shape index (κ1) is 54.3. The van der Waals surface area contributed by atoms with Crippen LogP contribution in [0.25, 0.3) is 22.4 Å². The number of benzene rings is 3. The number of aromatic hydroxyl groups is 1.